The monoisotopic (exact) mass is 724 g/mol. The van der Waals surface area contributed by atoms with Crippen molar-refractivity contribution in [2.75, 3.05) is 13.2 Å². The summed E-state index contributed by atoms with van der Waals surface area (Å²) >= 11 is 0. The first kappa shape index (κ1) is 47.7. The number of phosphoric acid groups is 1. The molecule has 50 heavy (non-hydrogen) atoms. The van der Waals surface area contributed by atoms with Crippen LogP contribution < -0.4 is 0 Å². The molecule has 9 nitrogen and oxygen atoms in total. The van der Waals surface area contributed by atoms with Crippen LogP contribution in [0.4, 0.5) is 0 Å². The zero-order valence-corrected chi connectivity index (χ0v) is 32.2. The van der Waals surface area contributed by atoms with Gasteiger partial charge >= 0.3 is 19.8 Å². The third-order valence-corrected chi connectivity index (χ3v) is 8.56. The Labute approximate surface area is 303 Å². The van der Waals surface area contributed by atoms with Crippen molar-refractivity contribution in [1.29, 1.82) is 0 Å². The molecule has 0 fully saturated rings. The van der Waals surface area contributed by atoms with Gasteiger partial charge in [0.15, 0.2) is 11.9 Å². The topological polar surface area (TPSA) is 136 Å². The van der Waals surface area contributed by atoms with E-state index in [-0.39, 0.29) is 25.2 Å². The van der Waals surface area contributed by atoms with Gasteiger partial charge < -0.3 is 19.3 Å². The first-order valence-corrected chi connectivity index (χ1v) is 20.9. The Balaban J connectivity index is 4.10. The van der Waals surface area contributed by atoms with Crippen LogP contribution >= 0.6 is 7.82 Å². The molecule has 2 N–H and O–H groups in total. The Morgan fingerprint density at radius 1 is 0.580 bits per heavy atom. The molecule has 0 unspecified atom stereocenters. The van der Waals surface area contributed by atoms with Gasteiger partial charge in [-0.1, -0.05) is 153 Å². The summed E-state index contributed by atoms with van der Waals surface area (Å²) in [6.07, 6.45) is 38.2. The molecule has 288 valence electrons. The minimum Gasteiger partial charge on any atom is -0.462 e. The van der Waals surface area contributed by atoms with Gasteiger partial charge in [-0.15, -0.1) is 0 Å². The number of hydrogen-bond donors (Lipinski definition) is 2. The smallest absolute Gasteiger partial charge is 0.462 e. The second kappa shape index (κ2) is 35.1. The lowest BCUT2D eigenvalue weighted by molar-refractivity contribution is -0.161. The van der Waals surface area contributed by atoms with Gasteiger partial charge in [0.2, 0.25) is 0 Å². The van der Waals surface area contributed by atoms with E-state index in [1.807, 2.05) is 24.3 Å². The molecule has 0 radical (unpaired) electrons. The number of carbonyl (C=O) groups excluding carboxylic acids is 3. The second-order valence-corrected chi connectivity index (χ2v) is 14.2. The molecule has 0 aromatic carbocycles. The fraction of sp³-hybridized carbons (Fsp3) is 0.725. The fourth-order valence-corrected chi connectivity index (χ4v) is 5.50. The van der Waals surface area contributed by atoms with Gasteiger partial charge in [0.05, 0.1) is 6.61 Å². The molecule has 0 spiro atoms. The SMILES string of the molecule is CCCCCCCCCCCCCCCCC(=O)O[C@H](COC(=O)CCC/C=C\C/C=C\C/C=C\C=C\C(=O)CCCCC)COP(=O)(O)O. The minimum atomic E-state index is -4.77. The van der Waals surface area contributed by atoms with Gasteiger partial charge in [0, 0.05) is 19.3 Å². The lowest BCUT2D eigenvalue weighted by atomic mass is 10.0. The molecular weight excluding hydrogens is 655 g/mol. The summed E-state index contributed by atoms with van der Waals surface area (Å²) < 4.78 is 26.2. The Morgan fingerprint density at radius 2 is 1.08 bits per heavy atom. The number of ether oxygens (including phenoxy) is 2. The van der Waals surface area contributed by atoms with Crippen LogP contribution in [-0.2, 0) is 32.9 Å². The summed E-state index contributed by atoms with van der Waals surface area (Å²) in [5.41, 5.74) is 0. The molecule has 0 rings (SSSR count). The van der Waals surface area contributed by atoms with Crippen LogP contribution in [0.25, 0.3) is 0 Å². The second-order valence-electron chi connectivity index (χ2n) is 12.9. The molecular formula is C40H69O9P. The van der Waals surface area contributed by atoms with Crippen LogP contribution in [0.2, 0.25) is 0 Å². The molecule has 0 aromatic heterocycles. The molecule has 0 saturated heterocycles. The highest BCUT2D eigenvalue weighted by atomic mass is 31.2. The van der Waals surface area contributed by atoms with E-state index in [0.717, 1.165) is 51.4 Å². The van der Waals surface area contributed by atoms with E-state index in [0.29, 0.717) is 25.7 Å². The number of unbranched alkanes of at least 4 members (excludes halogenated alkanes) is 16. The van der Waals surface area contributed by atoms with Crippen molar-refractivity contribution >= 4 is 25.5 Å². The first-order chi connectivity index (χ1) is 24.2. The van der Waals surface area contributed by atoms with Crippen molar-refractivity contribution in [1.82, 2.24) is 0 Å². The number of hydrogen-bond acceptors (Lipinski definition) is 7. The predicted molar refractivity (Wildman–Crippen MR) is 203 cm³/mol. The Hall–Kier alpha value is -2.32. The van der Waals surface area contributed by atoms with Gasteiger partial charge in [-0.2, -0.15) is 0 Å². The van der Waals surface area contributed by atoms with E-state index in [1.54, 1.807) is 12.2 Å². The van der Waals surface area contributed by atoms with Crippen molar-refractivity contribution in [3.8, 4) is 0 Å². The van der Waals surface area contributed by atoms with Crippen LogP contribution in [0.15, 0.2) is 48.6 Å². The summed E-state index contributed by atoms with van der Waals surface area (Å²) in [7, 11) is -4.77. The van der Waals surface area contributed by atoms with E-state index in [2.05, 4.69) is 30.5 Å². The highest BCUT2D eigenvalue weighted by molar-refractivity contribution is 7.46. The van der Waals surface area contributed by atoms with Crippen LogP contribution in [0.5, 0.6) is 0 Å². The molecule has 0 aliphatic rings. The Kier molecular flexibility index (Phi) is 33.5. The number of allylic oxidation sites excluding steroid dienone is 8. The van der Waals surface area contributed by atoms with Crippen LogP contribution in [0.1, 0.15) is 168 Å². The molecule has 0 saturated carbocycles. The normalized spacial score (nSPS) is 12.9. The molecule has 1 atom stereocenters. The van der Waals surface area contributed by atoms with Gasteiger partial charge in [0.25, 0.3) is 0 Å². The molecule has 0 amide bonds. The van der Waals surface area contributed by atoms with Crippen molar-refractivity contribution in [3.63, 3.8) is 0 Å². The molecule has 0 aromatic rings. The van der Waals surface area contributed by atoms with Crippen LogP contribution in [0.3, 0.4) is 0 Å². The number of carbonyl (C=O) groups is 3. The Bertz CT molecular complexity index is 1010. The summed E-state index contributed by atoms with van der Waals surface area (Å²) in [5, 5.41) is 0. The summed E-state index contributed by atoms with van der Waals surface area (Å²) in [6, 6.07) is 0. The number of ketones is 1. The third-order valence-electron chi connectivity index (χ3n) is 8.08. The summed E-state index contributed by atoms with van der Waals surface area (Å²) in [5.74, 6) is -0.817. The largest absolute Gasteiger partial charge is 0.469 e. The quantitative estimate of drug-likeness (QED) is 0.0163. The van der Waals surface area contributed by atoms with Crippen LogP contribution in [-0.4, -0.2) is 46.8 Å². The van der Waals surface area contributed by atoms with Gasteiger partial charge in [0.1, 0.15) is 6.61 Å². The van der Waals surface area contributed by atoms with E-state index in [4.69, 9.17) is 19.3 Å². The number of rotatable bonds is 35. The molecule has 0 heterocycles. The molecule has 0 aliphatic carbocycles. The maximum atomic E-state index is 12.4. The Morgan fingerprint density at radius 3 is 1.68 bits per heavy atom. The highest BCUT2D eigenvalue weighted by Crippen LogP contribution is 2.36. The van der Waals surface area contributed by atoms with Gasteiger partial charge in [-0.05, 0) is 44.6 Å². The summed E-state index contributed by atoms with van der Waals surface area (Å²) in [4.78, 5) is 54.4. The first-order valence-electron chi connectivity index (χ1n) is 19.4. The van der Waals surface area contributed by atoms with Gasteiger partial charge in [-0.25, -0.2) is 4.57 Å². The highest BCUT2D eigenvalue weighted by Gasteiger charge is 2.22. The van der Waals surface area contributed by atoms with Crippen molar-refractivity contribution in [3.05, 3.63) is 48.6 Å². The van der Waals surface area contributed by atoms with Crippen molar-refractivity contribution < 1.29 is 42.7 Å². The lowest BCUT2D eigenvalue weighted by Crippen LogP contribution is -2.29. The summed E-state index contributed by atoms with van der Waals surface area (Å²) in [6.45, 7) is 3.46. The predicted octanol–water partition coefficient (Wildman–Crippen LogP) is 10.7. The maximum absolute atomic E-state index is 12.4. The molecule has 0 aliphatic heterocycles. The van der Waals surface area contributed by atoms with E-state index in [9.17, 15) is 18.9 Å². The lowest BCUT2D eigenvalue weighted by Gasteiger charge is -2.18. The maximum Gasteiger partial charge on any atom is 0.469 e. The third kappa shape index (κ3) is 36.9. The zero-order valence-electron chi connectivity index (χ0n) is 31.3. The van der Waals surface area contributed by atoms with E-state index < -0.39 is 32.5 Å². The van der Waals surface area contributed by atoms with Crippen LogP contribution in [0, 0.1) is 0 Å². The van der Waals surface area contributed by atoms with Gasteiger partial charge in [-0.3, -0.25) is 18.9 Å². The van der Waals surface area contributed by atoms with E-state index in [1.165, 1.54) is 64.2 Å². The molecule has 10 heteroatoms. The fourth-order valence-electron chi connectivity index (χ4n) is 5.14. The van der Waals surface area contributed by atoms with Crippen molar-refractivity contribution in [2.24, 2.45) is 0 Å². The standard InChI is InChI=1S/C40H69O9P/c1-3-5-7-8-9-10-11-12-13-16-20-23-26-30-34-40(43)49-38(36-48-50(44,45)46)35-47-39(42)33-29-25-22-19-17-14-15-18-21-24-28-32-37(41)31-27-6-4-2/h14-15,19,21-22,24,28,32,38H,3-13,16-18,20,23,25-27,29-31,33-36H2,1-2H3,(H2,44,45,46)/b15-14-,22-19-,24-21-,32-28+/t38-/m1/s1. The minimum absolute atomic E-state index is 0.165. The van der Waals surface area contributed by atoms with E-state index >= 15 is 0 Å². The number of phosphoric ester groups is 1. The average Bonchev–Trinajstić information content (AvgIpc) is 3.07. The number of esters is 2. The molecule has 0 bridgehead atoms. The van der Waals surface area contributed by atoms with Crippen molar-refractivity contribution in [2.45, 2.75) is 174 Å². The zero-order chi connectivity index (χ0) is 37.0. The average molecular weight is 725 g/mol.